The molecule has 0 saturated heterocycles. The maximum Gasteiger partial charge on any atom is 0.316 e. The van der Waals surface area contributed by atoms with E-state index in [0.717, 1.165) is 19.3 Å². The number of hydrogen-bond donors (Lipinski definition) is 1. The number of nitrogens with one attached hydrogen (secondary N) is 1. The van der Waals surface area contributed by atoms with Crippen LogP contribution in [0, 0.1) is 16.7 Å². The fourth-order valence-corrected chi connectivity index (χ4v) is 7.68. The minimum Gasteiger partial charge on any atom is -0.460 e. The van der Waals surface area contributed by atoms with Crippen LogP contribution in [-0.4, -0.2) is 42.1 Å². The van der Waals surface area contributed by atoms with Crippen LogP contribution in [0.5, 0.6) is 6.01 Å². The van der Waals surface area contributed by atoms with Gasteiger partial charge in [-0.15, -0.1) is 0 Å². The molecule has 28 heavy (non-hydrogen) atoms. The lowest BCUT2D eigenvalue weighted by Crippen LogP contribution is -2.48. The molecule has 0 spiro atoms. The van der Waals surface area contributed by atoms with Gasteiger partial charge in [0.1, 0.15) is 11.9 Å². The van der Waals surface area contributed by atoms with Gasteiger partial charge >= 0.3 is 6.01 Å². The van der Waals surface area contributed by atoms with Crippen molar-refractivity contribution < 1.29 is 17.9 Å². The van der Waals surface area contributed by atoms with Gasteiger partial charge in [-0.05, 0) is 55.9 Å². The van der Waals surface area contributed by atoms with E-state index in [4.69, 9.17) is 4.74 Å². The van der Waals surface area contributed by atoms with Crippen LogP contribution >= 0.6 is 0 Å². The Kier molecular flexibility index (Phi) is 4.98. The monoisotopic (exact) mass is 407 g/mol. The largest absolute Gasteiger partial charge is 0.460 e. The molecule has 1 heterocycles. The van der Waals surface area contributed by atoms with Crippen LogP contribution in [0.25, 0.3) is 0 Å². The molecule has 0 radical (unpaired) electrons. The van der Waals surface area contributed by atoms with Crippen LogP contribution in [0.1, 0.15) is 58.8 Å². The van der Waals surface area contributed by atoms with Gasteiger partial charge in [0.2, 0.25) is 10.0 Å². The Morgan fingerprint density at radius 3 is 2.39 bits per heavy atom. The maximum atomic E-state index is 12.9. The third kappa shape index (κ3) is 3.45. The molecule has 0 aromatic carbocycles. The van der Waals surface area contributed by atoms with Gasteiger partial charge in [0.15, 0.2) is 0 Å². The Balaban J connectivity index is 1.34. The second kappa shape index (κ2) is 7.06. The minimum atomic E-state index is -3.53. The molecular formula is C20H29N3O4S. The fraction of sp³-hybridized carbons (Fsp3) is 0.750. The zero-order valence-corrected chi connectivity index (χ0v) is 17.4. The van der Waals surface area contributed by atoms with Gasteiger partial charge in [0, 0.05) is 30.3 Å². The molecule has 3 aliphatic carbocycles. The maximum absolute atomic E-state index is 12.9. The topological polar surface area (TPSA) is 98.2 Å². The van der Waals surface area contributed by atoms with Gasteiger partial charge in [0.25, 0.3) is 0 Å². The highest BCUT2D eigenvalue weighted by Gasteiger charge is 2.65. The predicted molar refractivity (Wildman–Crippen MR) is 104 cm³/mol. The first-order valence-electron chi connectivity index (χ1n) is 10.2. The van der Waals surface area contributed by atoms with Gasteiger partial charge in [-0.1, -0.05) is 13.8 Å². The van der Waals surface area contributed by atoms with Gasteiger partial charge in [-0.2, -0.15) is 0 Å². The first-order valence-corrected chi connectivity index (χ1v) is 11.8. The number of aromatic nitrogens is 2. The van der Waals surface area contributed by atoms with E-state index in [1.807, 2.05) is 0 Å². The van der Waals surface area contributed by atoms with E-state index in [-0.39, 0.29) is 29.1 Å². The fourth-order valence-electron chi connectivity index (χ4n) is 5.52. The lowest BCUT2D eigenvalue weighted by atomic mass is 9.70. The second-order valence-electron chi connectivity index (χ2n) is 9.17. The van der Waals surface area contributed by atoms with Crippen molar-refractivity contribution in [3.63, 3.8) is 0 Å². The van der Waals surface area contributed by atoms with Gasteiger partial charge < -0.3 is 4.74 Å². The summed E-state index contributed by atoms with van der Waals surface area (Å²) in [6, 6.07) is 2.00. The van der Waals surface area contributed by atoms with Crippen molar-refractivity contribution in [2.24, 2.45) is 16.7 Å². The average molecular weight is 408 g/mol. The molecule has 3 saturated carbocycles. The number of carbonyl (C=O) groups excluding carboxylic acids is 1. The van der Waals surface area contributed by atoms with Gasteiger partial charge in [-0.3, -0.25) is 4.79 Å². The molecule has 3 aliphatic rings. The molecule has 8 heteroatoms. The summed E-state index contributed by atoms with van der Waals surface area (Å²) in [5.41, 5.74) is -0.950. The number of sulfonamides is 1. The van der Waals surface area contributed by atoms with E-state index in [2.05, 4.69) is 28.5 Å². The number of ketones is 1. The van der Waals surface area contributed by atoms with Crippen molar-refractivity contribution in [3.8, 4) is 6.01 Å². The van der Waals surface area contributed by atoms with E-state index in [1.54, 1.807) is 18.5 Å². The first-order chi connectivity index (χ1) is 13.2. The first kappa shape index (κ1) is 19.8. The zero-order valence-electron chi connectivity index (χ0n) is 16.6. The van der Waals surface area contributed by atoms with E-state index in [0.29, 0.717) is 37.6 Å². The molecule has 2 unspecified atom stereocenters. The van der Waals surface area contributed by atoms with Gasteiger partial charge in [-0.25, -0.2) is 23.1 Å². The third-order valence-corrected chi connectivity index (χ3v) is 8.98. The summed E-state index contributed by atoms with van der Waals surface area (Å²) in [6.07, 6.45) is 8.40. The summed E-state index contributed by atoms with van der Waals surface area (Å²) in [7, 11) is -3.53. The van der Waals surface area contributed by atoms with E-state index >= 15 is 0 Å². The summed E-state index contributed by atoms with van der Waals surface area (Å²) in [5, 5.41) is 0. The molecular weight excluding hydrogens is 378 g/mol. The SMILES string of the molecule is CC1(C)C2CCC1(CS(=O)(=O)NC1CCC(Oc3ncccn3)CC1)C(=O)C2. The molecule has 2 atom stereocenters. The van der Waals surface area contributed by atoms with Crippen molar-refractivity contribution in [1.29, 1.82) is 0 Å². The highest BCUT2D eigenvalue weighted by atomic mass is 32.2. The van der Waals surface area contributed by atoms with Crippen molar-refractivity contribution in [2.75, 3.05) is 5.75 Å². The highest BCUT2D eigenvalue weighted by molar-refractivity contribution is 7.89. The number of hydrogen-bond acceptors (Lipinski definition) is 6. The Labute approximate surface area is 166 Å². The van der Waals surface area contributed by atoms with Crippen LogP contribution in [-0.2, 0) is 14.8 Å². The summed E-state index contributed by atoms with van der Waals surface area (Å²) in [5.74, 6) is 0.387. The van der Waals surface area contributed by atoms with Crippen LogP contribution in [0.3, 0.4) is 0 Å². The highest BCUT2D eigenvalue weighted by Crippen LogP contribution is 2.64. The van der Waals surface area contributed by atoms with Crippen molar-refractivity contribution >= 4 is 15.8 Å². The summed E-state index contributed by atoms with van der Waals surface area (Å²) >= 11 is 0. The van der Waals surface area contributed by atoms with Crippen molar-refractivity contribution in [1.82, 2.24) is 14.7 Å². The standard InChI is InChI=1S/C20H29N3O4S/c1-19(2)14-8-9-20(19,17(24)12-14)13-28(25,26)23-15-4-6-16(7-5-15)27-18-21-10-3-11-22-18/h3,10-11,14-16,23H,4-9,12-13H2,1-2H3. The van der Waals surface area contributed by atoms with Crippen LogP contribution in [0.4, 0.5) is 0 Å². The van der Waals surface area contributed by atoms with Crippen LogP contribution < -0.4 is 9.46 Å². The minimum absolute atomic E-state index is 0.00711. The molecule has 1 aromatic heterocycles. The molecule has 1 aromatic rings. The Morgan fingerprint density at radius 2 is 1.82 bits per heavy atom. The number of carbonyl (C=O) groups is 1. The summed E-state index contributed by atoms with van der Waals surface area (Å²) < 4.78 is 34.5. The molecule has 154 valence electrons. The number of nitrogens with zero attached hydrogens (tertiary/aromatic N) is 2. The van der Waals surface area contributed by atoms with E-state index in [1.165, 1.54) is 0 Å². The Bertz CT molecular complexity index is 834. The number of ether oxygens (including phenoxy) is 1. The molecule has 0 aliphatic heterocycles. The van der Waals surface area contributed by atoms with Crippen molar-refractivity contribution in [2.45, 2.75) is 70.9 Å². The molecule has 3 fully saturated rings. The molecule has 0 amide bonds. The smallest absolute Gasteiger partial charge is 0.316 e. The van der Waals surface area contributed by atoms with E-state index < -0.39 is 15.4 Å². The third-order valence-electron chi connectivity index (χ3n) is 7.41. The van der Waals surface area contributed by atoms with Gasteiger partial charge in [0.05, 0.1) is 5.75 Å². The normalized spacial score (nSPS) is 34.5. The van der Waals surface area contributed by atoms with Crippen LogP contribution in [0.2, 0.25) is 0 Å². The predicted octanol–water partition coefficient (Wildman–Crippen LogP) is 2.48. The molecule has 2 bridgehead atoms. The average Bonchev–Trinajstić information content (AvgIpc) is 2.98. The second-order valence-corrected chi connectivity index (χ2v) is 10.9. The quantitative estimate of drug-likeness (QED) is 0.778. The lowest BCUT2D eigenvalue weighted by molar-refractivity contribution is -0.128. The molecule has 1 N–H and O–H groups in total. The summed E-state index contributed by atoms with van der Waals surface area (Å²) in [4.78, 5) is 20.8. The lowest BCUT2D eigenvalue weighted by Gasteiger charge is -2.37. The molecule has 7 nitrogen and oxygen atoms in total. The zero-order chi connectivity index (χ0) is 20.0. The number of rotatable bonds is 6. The van der Waals surface area contributed by atoms with E-state index in [9.17, 15) is 13.2 Å². The van der Waals surface area contributed by atoms with Crippen molar-refractivity contribution in [3.05, 3.63) is 18.5 Å². The Morgan fingerprint density at radius 1 is 1.14 bits per heavy atom. The number of fused-ring (bicyclic) bond motifs is 2. The molecule has 4 rings (SSSR count). The number of Topliss-reactive ketones (excluding diaryl/α,β-unsaturated/α-hetero) is 1. The Hall–Kier alpha value is -1.54. The van der Waals surface area contributed by atoms with Crippen LogP contribution in [0.15, 0.2) is 18.5 Å². The summed E-state index contributed by atoms with van der Waals surface area (Å²) in [6.45, 7) is 4.14.